The van der Waals surface area contributed by atoms with Crippen molar-refractivity contribution in [3.05, 3.63) is 11.5 Å². The van der Waals surface area contributed by atoms with Crippen molar-refractivity contribution in [2.24, 2.45) is 17.6 Å². The van der Waals surface area contributed by atoms with E-state index in [1.807, 2.05) is 0 Å². The molecule has 1 aromatic rings. The van der Waals surface area contributed by atoms with Crippen LogP contribution in [0.4, 0.5) is 11.5 Å². The van der Waals surface area contributed by atoms with Gasteiger partial charge in [-0.15, -0.1) is 0 Å². The van der Waals surface area contributed by atoms with E-state index in [2.05, 4.69) is 15.3 Å². The van der Waals surface area contributed by atoms with Crippen LogP contribution >= 0.6 is 11.6 Å². The fourth-order valence-electron chi connectivity index (χ4n) is 3.75. The summed E-state index contributed by atoms with van der Waals surface area (Å²) in [5, 5.41) is 33.1. The Kier molecular flexibility index (Phi) is 4.82. The molecule has 1 saturated heterocycles. The number of hydrogen-bond acceptors (Lipinski definition) is 9. The first-order valence-corrected chi connectivity index (χ1v) is 8.14. The van der Waals surface area contributed by atoms with Gasteiger partial charge in [-0.3, -0.25) is 0 Å². The maximum Gasteiger partial charge on any atom is 0.157 e. The van der Waals surface area contributed by atoms with E-state index in [1.54, 1.807) is 0 Å². The summed E-state index contributed by atoms with van der Waals surface area (Å²) in [6.07, 6.45) is 0.610. The Morgan fingerprint density at radius 3 is 2.67 bits per heavy atom. The quantitative estimate of drug-likeness (QED) is 0.354. The topological polar surface area (TPSA) is 160 Å². The van der Waals surface area contributed by atoms with Gasteiger partial charge in [0.05, 0.1) is 12.6 Å². The number of hydrogen-bond donors (Lipinski definition) is 6. The number of ether oxygens (including phenoxy) is 1. The Bertz CT molecular complexity index is 609. The standard InChI is InChI=1S/C14H22ClN5O4/c15-12-8(16)13(19-5-18-12)20-9-6(2-21)1-14(11(9)23)10(17)7(3-22)4-24-14/h5-7,9-11,21-23H,1-4,16-17H2,(H,18,19,20)/t6-,7+,9+,10+,11-,14+/m1/s1. The summed E-state index contributed by atoms with van der Waals surface area (Å²) in [4.78, 5) is 7.82. The number of anilines is 2. The molecule has 0 unspecified atom stereocenters. The van der Waals surface area contributed by atoms with Crippen LogP contribution in [0.25, 0.3) is 0 Å². The van der Waals surface area contributed by atoms with Crippen LogP contribution in [0.2, 0.25) is 5.15 Å². The SMILES string of the molecule is Nc1c(Cl)ncnc1N[C@H]1[C@@H](CO)C[C@@]2(OC[C@H](CO)[C@@H]2N)[C@@H]1O. The monoisotopic (exact) mass is 359 g/mol. The van der Waals surface area contributed by atoms with Gasteiger partial charge in [0.25, 0.3) is 0 Å². The van der Waals surface area contributed by atoms with Gasteiger partial charge in [0.15, 0.2) is 11.0 Å². The lowest BCUT2D eigenvalue weighted by Crippen LogP contribution is -2.56. The van der Waals surface area contributed by atoms with E-state index in [0.717, 1.165) is 0 Å². The van der Waals surface area contributed by atoms with Crippen molar-refractivity contribution < 1.29 is 20.1 Å². The van der Waals surface area contributed by atoms with Gasteiger partial charge in [-0.05, 0) is 6.42 Å². The highest BCUT2D eigenvalue weighted by Crippen LogP contribution is 2.46. The molecule has 1 aliphatic carbocycles. The molecule has 8 N–H and O–H groups in total. The highest BCUT2D eigenvalue weighted by molar-refractivity contribution is 6.32. The van der Waals surface area contributed by atoms with Crippen molar-refractivity contribution in [2.75, 3.05) is 30.9 Å². The van der Waals surface area contributed by atoms with Crippen LogP contribution in [0.5, 0.6) is 0 Å². The number of aliphatic hydroxyl groups is 3. The number of halogens is 1. The zero-order valence-corrected chi connectivity index (χ0v) is 13.7. The second-order valence-corrected chi connectivity index (χ2v) is 6.78. The van der Waals surface area contributed by atoms with E-state index in [9.17, 15) is 15.3 Å². The summed E-state index contributed by atoms with van der Waals surface area (Å²) < 4.78 is 5.81. The Balaban J connectivity index is 1.87. The molecule has 10 heteroatoms. The molecule has 1 spiro atoms. The Morgan fingerprint density at radius 2 is 2.04 bits per heavy atom. The molecule has 24 heavy (non-hydrogen) atoms. The molecule has 1 saturated carbocycles. The van der Waals surface area contributed by atoms with Gasteiger partial charge in [-0.2, -0.15) is 0 Å². The summed E-state index contributed by atoms with van der Waals surface area (Å²) in [6, 6.07) is -1.11. The first kappa shape index (κ1) is 17.6. The maximum absolute atomic E-state index is 10.9. The lowest BCUT2D eigenvalue weighted by molar-refractivity contribution is -0.0799. The number of aliphatic hydroxyl groups excluding tert-OH is 3. The zero-order chi connectivity index (χ0) is 17.5. The summed E-state index contributed by atoms with van der Waals surface area (Å²) >= 11 is 5.89. The number of rotatable bonds is 4. The van der Waals surface area contributed by atoms with Gasteiger partial charge >= 0.3 is 0 Å². The normalized spacial score (nSPS) is 38.8. The highest BCUT2D eigenvalue weighted by atomic mass is 35.5. The third-order valence-corrected chi connectivity index (χ3v) is 5.48. The van der Waals surface area contributed by atoms with Crippen LogP contribution in [0, 0.1) is 11.8 Å². The number of nitrogens with one attached hydrogen (secondary N) is 1. The van der Waals surface area contributed by atoms with Crippen molar-refractivity contribution in [1.82, 2.24) is 9.97 Å². The summed E-state index contributed by atoms with van der Waals surface area (Å²) in [5.41, 5.74) is 11.2. The Morgan fingerprint density at radius 1 is 1.33 bits per heavy atom. The predicted molar refractivity (Wildman–Crippen MR) is 87.3 cm³/mol. The van der Waals surface area contributed by atoms with Crippen LogP contribution in [-0.2, 0) is 4.74 Å². The zero-order valence-electron chi connectivity index (χ0n) is 13.0. The summed E-state index contributed by atoms with van der Waals surface area (Å²) in [5.74, 6) is -0.298. The van der Waals surface area contributed by atoms with Crippen molar-refractivity contribution in [1.29, 1.82) is 0 Å². The second-order valence-electron chi connectivity index (χ2n) is 6.42. The van der Waals surface area contributed by atoms with Crippen LogP contribution in [-0.4, -0.2) is 68.9 Å². The maximum atomic E-state index is 10.9. The summed E-state index contributed by atoms with van der Waals surface area (Å²) in [6.45, 7) is -0.0257. The van der Waals surface area contributed by atoms with Gasteiger partial charge in [0.2, 0.25) is 0 Å². The average molecular weight is 360 g/mol. The van der Waals surface area contributed by atoms with E-state index in [-0.39, 0.29) is 48.3 Å². The van der Waals surface area contributed by atoms with Crippen molar-refractivity contribution in [2.45, 2.75) is 30.2 Å². The molecule has 0 amide bonds. The first-order chi connectivity index (χ1) is 11.4. The van der Waals surface area contributed by atoms with Crippen LogP contribution in [0.3, 0.4) is 0 Å². The molecule has 1 aromatic heterocycles. The van der Waals surface area contributed by atoms with Gasteiger partial charge < -0.3 is 36.8 Å². The van der Waals surface area contributed by atoms with Gasteiger partial charge in [0.1, 0.15) is 23.7 Å². The van der Waals surface area contributed by atoms with Crippen molar-refractivity contribution in [3.8, 4) is 0 Å². The van der Waals surface area contributed by atoms with Crippen LogP contribution in [0.1, 0.15) is 6.42 Å². The average Bonchev–Trinajstić information content (AvgIpc) is 3.04. The highest BCUT2D eigenvalue weighted by Gasteiger charge is 2.61. The fraction of sp³-hybridized carbons (Fsp3) is 0.714. The molecule has 6 atom stereocenters. The van der Waals surface area contributed by atoms with E-state index < -0.39 is 23.8 Å². The molecule has 0 radical (unpaired) electrons. The molecule has 9 nitrogen and oxygen atoms in total. The minimum Gasteiger partial charge on any atom is -0.396 e. The largest absolute Gasteiger partial charge is 0.396 e. The molecule has 2 fully saturated rings. The lowest BCUT2D eigenvalue weighted by atomic mass is 9.85. The molecule has 1 aliphatic heterocycles. The molecule has 3 rings (SSSR count). The van der Waals surface area contributed by atoms with Crippen molar-refractivity contribution in [3.63, 3.8) is 0 Å². The number of nitrogens with two attached hydrogens (primary N) is 2. The van der Waals surface area contributed by atoms with Crippen LogP contribution < -0.4 is 16.8 Å². The smallest absolute Gasteiger partial charge is 0.157 e. The molecule has 0 bridgehead atoms. The second kappa shape index (κ2) is 6.58. The lowest BCUT2D eigenvalue weighted by Gasteiger charge is -2.34. The molecule has 134 valence electrons. The Labute approximate surface area is 144 Å². The number of nitrogens with zero attached hydrogens (tertiary/aromatic N) is 2. The van der Waals surface area contributed by atoms with Crippen LogP contribution in [0.15, 0.2) is 6.33 Å². The molecule has 2 aliphatic rings. The summed E-state index contributed by atoms with van der Waals surface area (Å²) in [7, 11) is 0. The van der Waals surface area contributed by atoms with E-state index in [4.69, 9.17) is 27.8 Å². The first-order valence-electron chi connectivity index (χ1n) is 7.76. The van der Waals surface area contributed by atoms with Gasteiger partial charge in [-0.1, -0.05) is 11.6 Å². The van der Waals surface area contributed by atoms with E-state index >= 15 is 0 Å². The Hall–Kier alpha value is -1.23. The van der Waals surface area contributed by atoms with Crippen molar-refractivity contribution >= 4 is 23.1 Å². The molecule has 2 heterocycles. The number of nitrogen functional groups attached to an aromatic ring is 1. The minimum atomic E-state index is -1.02. The van der Waals surface area contributed by atoms with Gasteiger partial charge in [0, 0.05) is 31.1 Å². The van der Waals surface area contributed by atoms with Gasteiger partial charge in [-0.25, -0.2) is 9.97 Å². The number of aromatic nitrogens is 2. The minimum absolute atomic E-state index is 0.101. The predicted octanol–water partition coefficient (Wildman–Crippen LogP) is -1.43. The fourth-order valence-corrected chi connectivity index (χ4v) is 3.88. The third-order valence-electron chi connectivity index (χ3n) is 5.18. The van der Waals surface area contributed by atoms with E-state index in [0.29, 0.717) is 6.42 Å². The molecule has 0 aromatic carbocycles. The molecular formula is C14H22ClN5O4. The van der Waals surface area contributed by atoms with E-state index in [1.165, 1.54) is 6.33 Å². The third kappa shape index (κ3) is 2.61. The molecular weight excluding hydrogens is 338 g/mol.